The second-order valence-electron chi connectivity index (χ2n) is 6.57. The van der Waals surface area contributed by atoms with Gasteiger partial charge in [0.05, 0.1) is 0 Å². The number of fused-ring (bicyclic) bond motifs is 1. The summed E-state index contributed by atoms with van der Waals surface area (Å²) in [7, 11) is 0. The van der Waals surface area contributed by atoms with Crippen molar-refractivity contribution >= 4 is 10.9 Å². The van der Waals surface area contributed by atoms with Gasteiger partial charge in [0.25, 0.3) is 0 Å². The Bertz CT molecular complexity index is 815. The van der Waals surface area contributed by atoms with E-state index in [0.29, 0.717) is 0 Å². The lowest BCUT2D eigenvalue weighted by Gasteiger charge is -2.34. The van der Waals surface area contributed by atoms with Crippen molar-refractivity contribution in [3.63, 3.8) is 0 Å². The Morgan fingerprint density at radius 1 is 0.958 bits per heavy atom. The van der Waals surface area contributed by atoms with Crippen LogP contribution in [0.25, 0.3) is 22.0 Å². The summed E-state index contributed by atoms with van der Waals surface area (Å²) in [6, 6.07) is 10.9. The number of aromatic nitrogens is 2. The van der Waals surface area contributed by atoms with Crippen LogP contribution in [-0.4, -0.2) is 52.5 Å². The zero-order valence-electron chi connectivity index (χ0n) is 14.2. The Labute approximate surface area is 143 Å². The molecule has 0 saturated carbocycles. The fourth-order valence-electron chi connectivity index (χ4n) is 3.48. The van der Waals surface area contributed by atoms with Crippen LogP contribution >= 0.6 is 0 Å². The van der Waals surface area contributed by atoms with E-state index in [9.17, 15) is 0 Å². The third-order valence-corrected chi connectivity index (χ3v) is 5.00. The van der Waals surface area contributed by atoms with E-state index in [1.165, 1.54) is 40.7 Å². The first kappa shape index (κ1) is 15.4. The Balaban J connectivity index is 1.51. The summed E-state index contributed by atoms with van der Waals surface area (Å²) in [5.74, 6) is 0. The van der Waals surface area contributed by atoms with Gasteiger partial charge in [-0.05, 0) is 41.3 Å². The molecule has 0 bridgehead atoms. The summed E-state index contributed by atoms with van der Waals surface area (Å²) in [4.78, 5) is 12.8. The van der Waals surface area contributed by atoms with E-state index in [2.05, 4.69) is 57.0 Å². The van der Waals surface area contributed by atoms with E-state index in [-0.39, 0.29) is 0 Å². The van der Waals surface area contributed by atoms with Gasteiger partial charge in [-0.1, -0.05) is 19.1 Å². The highest BCUT2D eigenvalue weighted by atomic mass is 15.3. The highest BCUT2D eigenvalue weighted by Gasteiger charge is 2.15. The number of aromatic amines is 1. The lowest BCUT2D eigenvalue weighted by molar-refractivity contribution is 0.132. The van der Waals surface area contributed by atoms with Crippen molar-refractivity contribution in [1.29, 1.82) is 0 Å². The number of piperazine rings is 1. The molecule has 4 heteroatoms. The van der Waals surface area contributed by atoms with Gasteiger partial charge >= 0.3 is 0 Å². The average molecular weight is 320 g/mol. The normalized spacial score (nSPS) is 16.7. The molecule has 2 aromatic heterocycles. The quantitative estimate of drug-likeness (QED) is 0.800. The first-order valence-corrected chi connectivity index (χ1v) is 8.78. The number of nitrogens with one attached hydrogen (secondary N) is 1. The fourth-order valence-corrected chi connectivity index (χ4v) is 3.48. The Morgan fingerprint density at radius 2 is 1.79 bits per heavy atom. The van der Waals surface area contributed by atoms with Crippen LogP contribution in [0, 0.1) is 0 Å². The van der Waals surface area contributed by atoms with E-state index >= 15 is 0 Å². The molecule has 0 unspecified atom stereocenters. The monoisotopic (exact) mass is 320 g/mol. The van der Waals surface area contributed by atoms with Crippen LogP contribution in [0.4, 0.5) is 0 Å². The molecule has 0 radical (unpaired) electrons. The predicted octanol–water partition coefficient (Wildman–Crippen LogP) is 3.37. The molecule has 1 fully saturated rings. The molecule has 1 N–H and O–H groups in total. The van der Waals surface area contributed by atoms with E-state index in [0.717, 1.165) is 26.2 Å². The average Bonchev–Trinajstić information content (AvgIpc) is 3.10. The molecule has 4 nitrogen and oxygen atoms in total. The smallest absolute Gasteiger partial charge is 0.0460 e. The summed E-state index contributed by atoms with van der Waals surface area (Å²) in [6.07, 6.45) is 5.95. The Kier molecular flexibility index (Phi) is 4.32. The van der Waals surface area contributed by atoms with Crippen LogP contribution in [0.3, 0.4) is 0 Å². The molecule has 4 rings (SSSR count). The van der Waals surface area contributed by atoms with Gasteiger partial charge in [-0.15, -0.1) is 0 Å². The lowest BCUT2D eigenvalue weighted by Crippen LogP contribution is -2.45. The van der Waals surface area contributed by atoms with Crippen LogP contribution in [0.15, 0.2) is 48.9 Å². The second kappa shape index (κ2) is 6.75. The van der Waals surface area contributed by atoms with Gasteiger partial charge in [-0.2, -0.15) is 0 Å². The number of hydrogen-bond acceptors (Lipinski definition) is 3. The number of nitrogens with zero attached hydrogens (tertiary/aromatic N) is 3. The molecule has 124 valence electrons. The van der Waals surface area contributed by atoms with Crippen molar-refractivity contribution < 1.29 is 0 Å². The van der Waals surface area contributed by atoms with Crippen molar-refractivity contribution in [2.45, 2.75) is 13.5 Å². The Hall–Kier alpha value is -2.17. The van der Waals surface area contributed by atoms with Gasteiger partial charge in [0.1, 0.15) is 0 Å². The van der Waals surface area contributed by atoms with Gasteiger partial charge in [0.15, 0.2) is 0 Å². The number of benzene rings is 1. The molecule has 1 aliphatic heterocycles. The maximum absolute atomic E-state index is 4.48. The molecule has 1 saturated heterocycles. The number of hydrogen-bond donors (Lipinski definition) is 1. The summed E-state index contributed by atoms with van der Waals surface area (Å²) in [5, 5.41) is 1.25. The third kappa shape index (κ3) is 3.21. The summed E-state index contributed by atoms with van der Waals surface area (Å²) in [5.41, 5.74) is 4.88. The van der Waals surface area contributed by atoms with Crippen LogP contribution in [0.1, 0.15) is 12.5 Å². The van der Waals surface area contributed by atoms with Gasteiger partial charge in [0, 0.05) is 62.4 Å². The molecule has 3 aromatic rings. The molecule has 24 heavy (non-hydrogen) atoms. The van der Waals surface area contributed by atoms with E-state index in [1.54, 1.807) is 0 Å². The molecule has 0 spiro atoms. The minimum atomic E-state index is 0.989. The maximum atomic E-state index is 4.48. The predicted molar refractivity (Wildman–Crippen MR) is 98.9 cm³/mol. The van der Waals surface area contributed by atoms with E-state index < -0.39 is 0 Å². The number of pyridine rings is 1. The first-order chi connectivity index (χ1) is 11.8. The lowest BCUT2D eigenvalue weighted by atomic mass is 10.0. The van der Waals surface area contributed by atoms with Crippen molar-refractivity contribution in [3.05, 3.63) is 54.5 Å². The largest absolute Gasteiger partial charge is 0.361 e. The molecule has 1 aliphatic rings. The number of rotatable bonds is 4. The SMILES string of the molecule is CCN1CCN(Cc2cncc(-c3ccc4cc[nH]c4c3)c2)CC1. The molecule has 3 heterocycles. The van der Waals surface area contributed by atoms with Gasteiger partial charge in [-0.25, -0.2) is 0 Å². The zero-order valence-corrected chi connectivity index (χ0v) is 14.2. The van der Waals surface area contributed by atoms with Gasteiger partial charge in [0.2, 0.25) is 0 Å². The van der Waals surface area contributed by atoms with E-state index in [4.69, 9.17) is 0 Å². The minimum absolute atomic E-state index is 0.989. The van der Waals surface area contributed by atoms with Crippen molar-refractivity contribution in [2.75, 3.05) is 32.7 Å². The van der Waals surface area contributed by atoms with Crippen LogP contribution in [-0.2, 0) is 6.54 Å². The van der Waals surface area contributed by atoms with Crippen LogP contribution in [0.5, 0.6) is 0 Å². The molecule has 1 aromatic carbocycles. The minimum Gasteiger partial charge on any atom is -0.361 e. The zero-order chi connectivity index (χ0) is 16.4. The van der Waals surface area contributed by atoms with Gasteiger partial charge in [-0.3, -0.25) is 9.88 Å². The molecular weight excluding hydrogens is 296 g/mol. The topological polar surface area (TPSA) is 35.2 Å². The van der Waals surface area contributed by atoms with E-state index in [1.807, 2.05) is 18.6 Å². The molecule has 0 aliphatic carbocycles. The third-order valence-electron chi connectivity index (χ3n) is 5.00. The van der Waals surface area contributed by atoms with Crippen molar-refractivity contribution in [1.82, 2.24) is 19.8 Å². The maximum Gasteiger partial charge on any atom is 0.0460 e. The molecule has 0 atom stereocenters. The standard InChI is InChI=1S/C20H24N4/c1-2-23-7-9-24(10-8-23)15-16-11-19(14-21-13-16)18-4-3-17-5-6-22-20(17)12-18/h3-6,11-14,22H,2,7-10,15H2,1H3. The molecular formula is C20H24N4. The van der Waals surface area contributed by atoms with Crippen LogP contribution in [0.2, 0.25) is 0 Å². The first-order valence-electron chi connectivity index (χ1n) is 8.78. The Morgan fingerprint density at radius 3 is 2.62 bits per heavy atom. The highest BCUT2D eigenvalue weighted by Crippen LogP contribution is 2.24. The number of H-pyrrole nitrogens is 1. The second-order valence-corrected chi connectivity index (χ2v) is 6.57. The van der Waals surface area contributed by atoms with Crippen molar-refractivity contribution in [2.24, 2.45) is 0 Å². The van der Waals surface area contributed by atoms with Gasteiger partial charge < -0.3 is 9.88 Å². The molecule has 0 amide bonds. The summed E-state index contributed by atoms with van der Waals surface area (Å²) in [6.45, 7) is 9.03. The highest BCUT2D eigenvalue weighted by molar-refractivity contribution is 5.84. The summed E-state index contributed by atoms with van der Waals surface area (Å²) < 4.78 is 0. The van der Waals surface area contributed by atoms with Crippen molar-refractivity contribution in [3.8, 4) is 11.1 Å². The number of likely N-dealkylation sites (N-methyl/N-ethyl adjacent to an activating group) is 1. The summed E-state index contributed by atoms with van der Waals surface area (Å²) >= 11 is 0. The van der Waals surface area contributed by atoms with Crippen LogP contribution < -0.4 is 0 Å². The fraction of sp³-hybridized carbons (Fsp3) is 0.350.